The highest BCUT2D eigenvalue weighted by Crippen LogP contribution is 2.39. The molecule has 34 heteroatoms. The molecule has 34 nitrogen and oxygen atoms in total. The second kappa shape index (κ2) is 24.4. The molecule has 19 N–H and O–H groups in total. The van der Waals surface area contributed by atoms with Crippen LogP contribution in [0, 0.1) is 0 Å². The third kappa shape index (κ3) is 11.3. The predicted octanol–water partition coefficient (Wildman–Crippen LogP) is -13.1. The van der Waals surface area contributed by atoms with Crippen LogP contribution in [0.3, 0.4) is 0 Å². The second-order valence-corrected chi connectivity index (χ2v) is 18.6. The van der Waals surface area contributed by atoms with Crippen molar-refractivity contribution in [2.24, 2.45) is 0 Å². The van der Waals surface area contributed by atoms with Crippen LogP contribution in [0.2, 0.25) is 0 Å². The maximum atomic E-state index is 12.4. The summed E-state index contributed by atoms with van der Waals surface area (Å²) in [7, 11) is 0. The summed E-state index contributed by atoms with van der Waals surface area (Å²) in [5.74, 6) is -4.34. The molecule has 22 fully saturated rings. The normalized spacial score (nSPS) is 50.8. The molecule has 74 heavy (non-hydrogen) atoms. The quantitative estimate of drug-likeness (QED) is 0.0903. The molecular weight excluding hydrogens is 1020 g/mol. The number of hydrogen-bond acceptors (Lipinski definition) is 32. The molecule has 0 aromatic carbocycles. The molecule has 22 rings (SSSR count). The summed E-state index contributed by atoms with van der Waals surface area (Å²) in [4.78, 5) is 24.8. The summed E-state index contributed by atoms with van der Waals surface area (Å²) in [6, 6.07) is 0. The summed E-state index contributed by atoms with van der Waals surface area (Å²) in [6.07, 6.45) is -62.9. The molecule has 22 aliphatic heterocycles. The molecule has 428 valence electrons. The van der Waals surface area contributed by atoms with Gasteiger partial charge in [-0.25, -0.2) is 9.59 Å². The molecule has 30 atom stereocenters. The summed E-state index contributed by atoms with van der Waals surface area (Å²) >= 11 is 0. The largest absolute Gasteiger partial charge is 0.479 e. The lowest BCUT2D eigenvalue weighted by Gasteiger charge is -2.51. The molecule has 22 aliphatic rings. The Morgan fingerprint density at radius 1 is 0.324 bits per heavy atom. The van der Waals surface area contributed by atoms with E-state index in [0.29, 0.717) is 6.92 Å². The van der Waals surface area contributed by atoms with Gasteiger partial charge in [0, 0.05) is 0 Å². The van der Waals surface area contributed by atoms with E-state index < -0.39 is 241 Å². The van der Waals surface area contributed by atoms with Gasteiger partial charge in [0.15, 0.2) is 37.7 Å². The molecule has 0 aromatic rings. The molecule has 0 unspecified atom stereocenters. The molecule has 0 spiro atoms. The second-order valence-electron chi connectivity index (χ2n) is 18.6. The molecule has 0 radical (unpaired) electrons. The standard InChI is InChI=1S/C40H64O34/c1-40(38(58)59,39(60)61)74-31-24(57)37-67-13(7-46)30(31)73-36-23(56)18(51)28(11(5-44)66-36)71-34-21(54)16(49)26(9(3-42)64-34)69-32-19(52)14(47)25(8(2-41)62-32)68-33-20(53)15(48)27(10(4-43)63-33)70-35-22(55)17(50)29(72-37)12(6-45)65-35/h8-37,41-57H,2-7H2,1H3,(H,58,59)(H,60,61)/t8-,9-,10-,11-,12-,13-,14-,15-,16-,17-,18-,19-,20-,21-,22-,23-,24-,25-,26-,27-,28-,29-,30+,31-,32-,33-,34-,35-,36-,37-/m1/s1. The number of carboxylic acid groups (broad SMARTS) is 2. The number of aliphatic hydroxyl groups is 17. The van der Waals surface area contributed by atoms with E-state index in [1.807, 2.05) is 0 Å². The van der Waals surface area contributed by atoms with Crippen molar-refractivity contribution >= 4 is 11.9 Å². The first kappa shape index (κ1) is 59.4. The number of rotatable bonds is 10. The molecule has 22 saturated heterocycles. The summed E-state index contributed by atoms with van der Waals surface area (Å²) < 4.78 is 73.7. The van der Waals surface area contributed by atoms with Crippen LogP contribution < -0.4 is 0 Å². The fourth-order valence-corrected chi connectivity index (χ4v) is 9.51. The lowest BCUT2D eigenvalue weighted by molar-refractivity contribution is -0.406. The predicted molar refractivity (Wildman–Crippen MR) is 218 cm³/mol. The zero-order valence-electron chi connectivity index (χ0n) is 38.7. The van der Waals surface area contributed by atoms with Crippen molar-refractivity contribution in [3.05, 3.63) is 0 Å². The van der Waals surface area contributed by atoms with Gasteiger partial charge >= 0.3 is 11.9 Å². The fraction of sp³-hybridized carbons (Fsp3) is 0.950. The minimum absolute atomic E-state index is 0.528. The Balaban J connectivity index is 1.25. The van der Waals surface area contributed by atoms with Gasteiger partial charge < -0.3 is 159 Å². The number of aliphatic carboxylic acids is 2. The Kier molecular flexibility index (Phi) is 19.6. The van der Waals surface area contributed by atoms with Crippen LogP contribution in [0.5, 0.6) is 0 Å². The molecule has 0 aliphatic carbocycles. The Morgan fingerprint density at radius 2 is 0.514 bits per heavy atom. The Bertz CT molecular complexity index is 1810. The smallest absolute Gasteiger partial charge is 0.347 e. The van der Waals surface area contributed by atoms with Crippen molar-refractivity contribution in [3.8, 4) is 0 Å². The lowest BCUT2D eigenvalue weighted by Crippen LogP contribution is -2.69. The van der Waals surface area contributed by atoms with Crippen molar-refractivity contribution in [3.63, 3.8) is 0 Å². The topological polar surface area (TPSA) is 539 Å². The van der Waals surface area contributed by atoms with Crippen LogP contribution in [0.1, 0.15) is 6.92 Å². The maximum Gasteiger partial charge on any atom is 0.347 e. The van der Waals surface area contributed by atoms with E-state index in [9.17, 15) is 107 Å². The zero-order valence-corrected chi connectivity index (χ0v) is 38.7. The highest BCUT2D eigenvalue weighted by Gasteiger charge is 2.60. The van der Waals surface area contributed by atoms with Gasteiger partial charge in [0.05, 0.1) is 39.6 Å². The summed E-state index contributed by atoms with van der Waals surface area (Å²) in [6.45, 7) is -6.12. The van der Waals surface area contributed by atoms with Gasteiger partial charge in [-0.15, -0.1) is 0 Å². The van der Waals surface area contributed by atoms with E-state index in [1.54, 1.807) is 0 Å². The van der Waals surface area contributed by atoms with Crippen LogP contribution in [-0.2, 0) is 71.2 Å². The molecule has 0 aromatic heterocycles. The van der Waals surface area contributed by atoms with E-state index in [4.69, 9.17) is 61.6 Å². The minimum atomic E-state index is -3.29. The molecule has 12 bridgehead atoms. The van der Waals surface area contributed by atoms with Crippen LogP contribution in [0.4, 0.5) is 0 Å². The highest BCUT2D eigenvalue weighted by molar-refractivity contribution is 6.01. The average molecular weight is 1090 g/mol. The van der Waals surface area contributed by atoms with Gasteiger partial charge in [-0.1, -0.05) is 0 Å². The van der Waals surface area contributed by atoms with Crippen LogP contribution >= 0.6 is 0 Å². The van der Waals surface area contributed by atoms with Gasteiger partial charge in [-0.3, -0.25) is 0 Å². The first-order valence-electron chi connectivity index (χ1n) is 23.1. The Labute approximate surface area is 416 Å². The fourth-order valence-electron chi connectivity index (χ4n) is 9.51. The van der Waals surface area contributed by atoms with E-state index >= 15 is 0 Å². The minimum Gasteiger partial charge on any atom is -0.479 e. The SMILES string of the molecule is CC(O[C@@H]1[C@@H](O)[C@H]2O[C@H]3[C@H](O)[C@@H](O)[C@@H](O[C@H]4[C@H](O)[C@@H](O)[C@@H](O[C@H]5[C@H](O)[C@@H](O)[C@@H](O[C@H]6[C@H](O)[C@@H](O)[C@@H](O[C@H]7[C@H](O)[C@@H](O)[C@@H](O[C@H]1[C@@H](CO)O2)O[C@@H]7CO)O[C@@H]6CO)O[C@@H]5CO)O[C@@H]4CO)O[C@@H]3CO)(C(=O)O)C(=O)O. The van der Waals surface area contributed by atoms with Crippen molar-refractivity contribution < 1.29 is 168 Å². The number of ether oxygens (including phenoxy) is 13. The van der Waals surface area contributed by atoms with E-state index in [1.165, 1.54) is 0 Å². The van der Waals surface area contributed by atoms with E-state index in [2.05, 4.69) is 0 Å². The number of carbonyl (C=O) groups is 2. The maximum absolute atomic E-state index is 12.4. The highest BCUT2D eigenvalue weighted by atomic mass is 16.8. The van der Waals surface area contributed by atoms with E-state index in [-0.39, 0.29) is 0 Å². The molecular formula is C40H64O34. The lowest BCUT2D eigenvalue weighted by atomic mass is 9.94. The van der Waals surface area contributed by atoms with Crippen LogP contribution in [0.15, 0.2) is 0 Å². The Hall–Kier alpha value is -2.26. The summed E-state index contributed by atoms with van der Waals surface area (Å²) in [5, 5.41) is 207. The first-order valence-corrected chi connectivity index (χ1v) is 23.1. The molecule has 22 heterocycles. The van der Waals surface area contributed by atoms with Crippen molar-refractivity contribution in [2.75, 3.05) is 39.6 Å². The third-order valence-corrected chi connectivity index (χ3v) is 13.8. The number of aliphatic hydroxyl groups excluding tert-OH is 17. The van der Waals surface area contributed by atoms with E-state index in [0.717, 1.165) is 0 Å². The van der Waals surface area contributed by atoms with Gasteiger partial charge in [0.1, 0.15) is 146 Å². The van der Waals surface area contributed by atoms with Crippen molar-refractivity contribution in [1.29, 1.82) is 0 Å². The molecule has 0 saturated carbocycles. The first-order chi connectivity index (χ1) is 35.0. The van der Waals surface area contributed by atoms with Crippen LogP contribution in [0.25, 0.3) is 0 Å². The number of hydrogen-bond donors (Lipinski definition) is 19. The van der Waals surface area contributed by atoms with Crippen molar-refractivity contribution in [1.82, 2.24) is 0 Å². The van der Waals surface area contributed by atoms with Gasteiger partial charge in [0.2, 0.25) is 0 Å². The Morgan fingerprint density at radius 3 is 0.716 bits per heavy atom. The van der Waals surface area contributed by atoms with Gasteiger partial charge in [-0.05, 0) is 6.92 Å². The average Bonchev–Trinajstić information content (AvgIpc) is 3.38. The van der Waals surface area contributed by atoms with Gasteiger partial charge in [-0.2, -0.15) is 0 Å². The van der Waals surface area contributed by atoms with Crippen LogP contribution in [-0.4, -0.2) is 338 Å². The van der Waals surface area contributed by atoms with Crippen molar-refractivity contribution in [2.45, 2.75) is 197 Å². The third-order valence-electron chi connectivity index (χ3n) is 13.8. The monoisotopic (exact) mass is 1090 g/mol. The molecule has 0 amide bonds. The zero-order chi connectivity index (χ0) is 54.4. The number of carboxylic acids is 2. The van der Waals surface area contributed by atoms with Gasteiger partial charge in [0.25, 0.3) is 5.60 Å². The summed E-state index contributed by atoms with van der Waals surface area (Å²) in [5.41, 5.74) is -3.29.